The number of allylic oxidation sites excluding steroid dienone is 1. The first-order valence-corrected chi connectivity index (χ1v) is 11.9. The highest BCUT2D eigenvalue weighted by molar-refractivity contribution is 9.11. The standard InChI is InChI=1S/C23H18Br2ClF6NO2/c1-12(22(27,28)29)33-21(35)7-6-20(34)17-4-2-13(8-19(17)26)3-5-18(23(30,31)32)14-9-15(24)11-16(25)10-14/h2-5,8-12,18H,6-7H2,1H3,(H,33,35)/b5-3+. The summed E-state index contributed by atoms with van der Waals surface area (Å²) in [5.74, 6) is -3.45. The molecule has 0 bridgehead atoms. The van der Waals surface area contributed by atoms with Gasteiger partial charge in [0.05, 0.1) is 10.9 Å². The van der Waals surface area contributed by atoms with E-state index in [2.05, 4.69) is 31.9 Å². The largest absolute Gasteiger partial charge is 0.408 e. The molecule has 0 aliphatic heterocycles. The number of hydrogen-bond acceptors (Lipinski definition) is 2. The predicted octanol–water partition coefficient (Wildman–Crippen LogP) is 8.25. The second kappa shape index (κ2) is 11.9. The zero-order valence-electron chi connectivity index (χ0n) is 17.9. The van der Waals surface area contributed by atoms with E-state index < -0.39 is 42.4 Å². The van der Waals surface area contributed by atoms with Gasteiger partial charge in [-0.25, -0.2) is 0 Å². The van der Waals surface area contributed by atoms with Gasteiger partial charge in [-0.1, -0.05) is 61.7 Å². The first-order valence-electron chi connectivity index (χ1n) is 9.97. The lowest BCUT2D eigenvalue weighted by molar-refractivity contribution is -0.158. The van der Waals surface area contributed by atoms with Crippen LogP contribution in [0, 0.1) is 0 Å². The van der Waals surface area contributed by atoms with Gasteiger partial charge in [-0.05, 0) is 48.4 Å². The normalized spacial score (nSPS) is 14.1. The lowest BCUT2D eigenvalue weighted by atomic mass is 9.96. The van der Waals surface area contributed by atoms with Gasteiger partial charge in [0.15, 0.2) is 5.78 Å². The summed E-state index contributed by atoms with van der Waals surface area (Å²) < 4.78 is 79.5. The molecule has 0 fully saturated rings. The van der Waals surface area contributed by atoms with E-state index in [0.717, 1.165) is 13.0 Å². The second-order valence-corrected chi connectivity index (χ2v) is 9.81. The number of halogens is 9. The average molecular weight is 650 g/mol. The zero-order valence-corrected chi connectivity index (χ0v) is 21.8. The molecule has 0 radical (unpaired) electrons. The molecule has 0 saturated carbocycles. The maximum Gasteiger partial charge on any atom is 0.408 e. The molecule has 1 amide bonds. The molecule has 0 spiro atoms. The van der Waals surface area contributed by atoms with Gasteiger partial charge < -0.3 is 5.32 Å². The third-order valence-electron chi connectivity index (χ3n) is 4.82. The van der Waals surface area contributed by atoms with Crippen molar-refractivity contribution in [1.82, 2.24) is 5.32 Å². The van der Waals surface area contributed by atoms with E-state index in [4.69, 9.17) is 11.6 Å². The van der Waals surface area contributed by atoms with Crippen LogP contribution in [0.4, 0.5) is 26.3 Å². The van der Waals surface area contributed by atoms with Gasteiger partial charge in [-0.3, -0.25) is 9.59 Å². The van der Waals surface area contributed by atoms with E-state index >= 15 is 0 Å². The lowest BCUT2D eigenvalue weighted by Crippen LogP contribution is -2.43. The van der Waals surface area contributed by atoms with Crippen molar-refractivity contribution in [3.8, 4) is 0 Å². The van der Waals surface area contributed by atoms with Gasteiger partial charge in [-0.2, -0.15) is 26.3 Å². The molecular formula is C23H18Br2ClF6NO2. The third kappa shape index (κ3) is 8.95. The molecule has 35 heavy (non-hydrogen) atoms. The smallest absolute Gasteiger partial charge is 0.345 e. The van der Waals surface area contributed by atoms with Crippen molar-refractivity contribution in [3.05, 3.63) is 73.1 Å². The number of nitrogens with one attached hydrogen (secondary N) is 1. The first kappa shape index (κ1) is 29.4. The molecule has 0 heterocycles. The van der Waals surface area contributed by atoms with E-state index in [1.54, 1.807) is 11.4 Å². The molecule has 2 aromatic carbocycles. The molecule has 0 aromatic heterocycles. The Balaban J connectivity index is 2.13. The Bertz CT molecular complexity index is 1100. The minimum atomic E-state index is -4.61. The topological polar surface area (TPSA) is 46.2 Å². The maximum atomic E-state index is 13.7. The monoisotopic (exact) mass is 647 g/mol. The number of hydrogen-bond donors (Lipinski definition) is 1. The molecule has 1 N–H and O–H groups in total. The van der Waals surface area contributed by atoms with Crippen LogP contribution in [0.3, 0.4) is 0 Å². The quantitative estimate of drug-likeness (QED) is 0.231. The summed E-state index contributed by atoms with van der Waals surface area (Å²) in [6.45, 7) is 0.779. The fourth-order valence-electron chi connectivity index (χ4n) is 2.99. The number of amides is 1. The van der Waals surface area contributed by atoms with Crippen LogP contribution >= 0.6 is 43.5 Å². The van der Waals surface area contributed by atoms with Crippen LogP contribution in [-0.4, -0.2) is 30.1 Å². The van der Waals surface area contributed by atoms with E-state index in [9.17, 15) is 35.9 Å². The van der Waals surface area contributed by atoms with Crippen molar-refractivity contribution in [3.63, 3.8) is 0 Å². The highest BCUT2D eigenvalue weighted by Crippen LogP contribution is 2.38. The molecule has 2 unspecified atom stereocenters. The fraction of sp³-hybridized carbons (Fsp3) is 0.304. The number of carbonyl (C=O) groups is 2. The second-order valence-electron chi connectivity index (χ2n) is 7.57. The van der Waals surface area contributed by atoms with Crippen molar-refractivity contribution in [2.45, 2.75) is 44.1 Å². The Morgan fingerprint density at radius 2 is 1.57 bits per heavy atom. The van der Waals surface area contributed by atoms with Crippen LogP contribution in [0.15, 0.2) is 51.4 Å². The van der Waals surface area contributed by atoms with Crippen LogP contribution in [0.25, 0.3) is 6.08 Å². The number of Topliss-reactive ketones (excluding diaryl/α,β-unsaturated/α-hetero) is 1. The first-order chi connectivity index (χ1) is 16.1. The lowest BCUT2D eigenvalue weighted by Gasteiger charge is -2.18. The van der Waals surface area contributed by atoms with Crippen LogP contribution in [0.1, 0.15) is 47.2 Å². The van der Waals surface area contributed by atoms with Gasteiger partial charge in [-0.15, -0.1) is 0 Å². The Kier molecular flexibility index (Phi) is 10.0. The summed E-state index contributed by atoms with van der Waals surface area (Å²) in [7, 11) is 0. The van der Waals surface area contributed by atoms with Gasteiger partial charge in [0, 0.05) is 27.4 Å². The number of alkyl halides is 6. The number of ketones is 1. The maximum absolute atomic E-state index is 13.7. The Labute approximate surface area is 219 Å². The number of carbonyl (C=O) groups excluding carboxylic acids is 2. The zero-order chi connectivity index (χ0) is 26.6. The molecule has 2 rings (SSSR count). The summed E-state index contributed by atoms with van der Waals surface area (Å²) in [4.78, 5) is 24.0. The minimum absolute atomic E-state index is 0.00350. The molecule has 0 saturated heterocycles. The van der Waals surface area contributed by atoms with Gasteiger partial charge in [0.25, 0.3) is 0 Å². The van der Waals surface area contributed by atoms with Crippen LogP contribution in [-0.2, 0) is 4.79 Å². The number of rotatable bonds is 8. The molecule has 2 atom stereocenters. The number of benzene rings is 2. The van der Waals surface area contributed by atoms with Crippen LogP contribution in [0.2, 0.25) is 5.02 Å². The third-order valence-corrected chi connectivity index (χ3v) is 6.05. The molecule has 12 heteroatoms. The van der Waals surface area contributed by atoms with E-state index in [0.29, 0.717) is 14.5 Å². The summed E-state index contributed by atoms with van der Waals surface area (Å²) in [5.41, 5.74) is 0.307. The predicted molar refractivity (Wildman–Crippen MR) is 128 cm³/mol. The van der Waals surface area contributed by atoms with E-state index in [-0.39, 0.29) is 22.6 Å². The fourth-order valence-corrected chi connectivity index (χ4v) is 4.61. The summed E-state index contributed by atoms with van der Waals surface area (Å²) in [6.07, 6.45) is -7.86. The molecule has 3 nitrogen and oxygen atoms in total. The van der Waals surface area contributed by atoms with Crippen molar-refractivity contribution in [2.24, 2.45) is 0 Å². The van der Waals surface area contributed by atoms with Crippen molar-refractivity contribution in [1.29, 1.82) is 0 Å². The molecule has 190 valence electrons. The summed E-state index contributed by atoms with van der Waals surface area (Å²) in [5, 5.41) is 1.69. The summed E-state index contributed by atoms with van der Waals surface area (Å²) >= 11 is 12.5. The highest BCUT2D eigenvalue weighted by Gasteiger charge is 2.39. The summed E-state index contributed by atoms with van der Waals surface area (Å²) in [6, 6.07) is 6.22. The van der Waals surface area contributed by atoms with Gasteiger partial charge >= 0.3 is 12.4 Å². The van der Waals surface area contributed by atoms with Crippen LogP contribution in [0.5, 0.6) is 0 Å². The average Bonchev–Trinajstić information content (AvgIpc) is 2.70. The Hall–Kier alpha value is -1.85. The van der Waals surface area contributed by atoms with Crippen molar-refractivity contribution >= 4 is 61.2 Å². The van der Waals surface area contributed by atoms with Crippen molar-refractivity contribution in [2.75, 3.05) is 0 Å². The molecule has 0 aliphatic carbocycles. The highest BCUT2D eigenvalue weighted by atomic mass is 79.9. The van der Waals surface area contributed by atoms with Crippen molar-refractivity contribution < 1.29 is 35.9 Å². The van der Waals surface area contributed by atoms with E-state index in [1.807, 2.05) is 0 Å². The Morgan fingerprint density at radius 1 is 0.971 bits per heavy atom. The van der Waals surface area contributed by atoms with Crippen LogP contribution < -0.4 is 5.32 Å². The molecule has 2 aromatic rings. The van der Waals surface area contributed by atoms with Gasteiger partial charge in [0.1, 0.15) is 6.04 Å². The van der Waals surface area contributed by atoms with Gasteiger partial charge in [0.2, 0.25) is 5.91 Å². The minimum Gasteiger partial charge on any atom is -0.345 e. The molecular weight excluding hydrogens is 632 g/mol. The SMILES string of the molecule is CC(NC(=O)CCC(=O)c1ccc(/C=C/C(c2cc(Br)cc(Br)c2)C(F)(F)F)cc1Cl)C(F)(F)F. The molecule has 0 aliphatic rings. The Morgan fingerprint density at radius 3 is 2.09 bits per heavy atom. The van der Waals surface area contributed by atoms with E-state index in [1.165, 1.54) is 36.4 Å².